The maximum atomic E-state index is 5.52. The highest BCUT2D eigenvalue weighted by Crippen LogP contribution is 2.41. The van der Waals surface area contributed by atoms with Crippen molar-refractivity contribution in [3.05, 3.63) is 72.3 Å². The van der Waals surface area contributed by atoms with Crippen molar-refractivity contribution >= 4 is 16.7 Å². The predicted molar refractivity (Wildman–Crippen MR) is 106 cm³/mol. The van der Waals surface area contributed by atoms with E-state index in [9.17, 15) is 0 Å². The normalized spacial score (nSPS) is 15.0. The number of aromatic nitrogens is 2. The number of imidazole rings is 1. The SMILES string of the molecule is COc1ccc(C2Nc3ccccc3-c3nc4ccccc4n32)cc1OC. The summed E-state index contributed by atoms with van der Waals surface area (Å²) in [6.07, 6.45) is -0.0953. The Morgan fingerprint density at radius 1 is 0.889 bits per heavy atom. The molecule has 0 radical (unpaired) electrons. The number of hydrogen-bond donors (Lipinski definition) is 1. The Morgan fingerprint density at radius 2 is 1.67 bits per heavy atom. The average molecular weight is 357 g/mol. The van der Waals surface area contributed by atoms with Crippen molar-refractivity contribution in [2.24, 2.45) is 0 Å². The van der Waals surface area contributed by atoms with Gasteiger partial charge in [-0.1, -0.05) is 30.3 Å². The molecule has 1 atom stereocenters. The molecule has 3 aromatic carbocycles. The van der Waals surface area contributed by atoms with Crippen LogP contribution in [0.15, 0.2) is 66.7 Å². The third kappa shape index (κ3) is 2.35. The fourth-order valence-corrected chi connectivity index (χ4v) is 3.77. The van der Waals surface area contributed by atoms with Crippen LogP contribution in [0.2, 0.25) is 0 Å². The molecule has 27 heavy (non-hydrogen) atoms. The maximum absolute atomic E-state index is 5.52. The van der Waals surface area contributed by atoms with Crippen LogP contribution >= 0.6 is 0 Å². The lowest BCUT2D eigenvalue weighted by Crippen LogP contribution is -2.24. The molecule has 0 saturated heterocycles. The Kier molecular flexibility index (Phi) is 3.53. The summed E-state index contributed by atoms with van der Waals surface area (Å²) in [5, 5.41) is 3.66. The van der Waals surface area contributed by atoms with Crippen molar-refractivity contribution < 1.29 is 9.47 Å². The number of methoxy groups -OCH3 is 2. The molecule has 0 saturated carbocycles. The van der Waals surface area contributed by atoms with Crippen molar-refractivity contribution in [2.75, 3.05) is 19.5 Å². The van der Waals surface area contributed by atoms with Crippen molar-refractivity contribution in [1.29, 1.82) is 0 Å². The zero-order valence-electron chi connectivity index (χ0n) is 15.1. The second-order valence-corrected chi connectivity index (χ2v) is 6.50. The summed E-state index contributed by atoms with van der Waals surface area (Å²) in [7, 11) is 3.30. The molecule has 0 aliphatic carbocycles. The summed E-state index contributed by atoms with van der Waals surface area (Å²) in [5.41, 5.74) is 5.32. The van der Waals surface area contributed by atoms with Crippen LogP contribution in [0.4, 0.5) is 5.69 Å². The number of nitrogens with one attached hydrogen (secondary N) is 1. The first-order chi connectivity index (χ1) is 13.3. The second kappa shape index (κ2) is 6.06. The molecular formula is C22H19N3O2. The van der Waals surface area contributed by atoms with E-state index < -0.39 is 0 Å². The van der Waals surface area contributed by atoms with Gasteiger partial charge < -0.3 is 14.8 Å². The fraction of sp³-hybridized carbons (Fsp3) is 0.136. The Hall–Kier alpha value is -3.47. The third-order valence-corrected chi connectivity index (χ3v) is 5.04. The lowest BCUT2D eigenvalue weighted by molar-refractivity contribution is 0.354. The van der Waals surface area contributed by atoms with Gasteiger partial charge in [-0.3, -0.25) is 4.57 Å². The van der Waals surface area contributed by atoms with Gasteiger partial charge in [-0.15, -0.1) is 0 Å². The van der Waals surface area contributed by atoms with Gasteiger partial charge in [-0.2, -0.15) is 0 Å². The number of anilines is 1. The van der Waals surface area contributed by atoms with Crippen molar-refractivity contribution in [2.45, 2.75) is 6.17 Å². The molecule has 1 aliphatic rings. The average Bonchev–Trinajstić information content (AvgIpc) is 3.12. The molecule has 0 bridgehead atoms. The van der Waals surface area contributed by atoms with Crippen molar-refractivity contribution in [3.8, 4) is 22.9 Å². The van der Waals surface area contributed by atoms with Crippen LogP contribution in [0.25, 0.3) is 22.4 Å². The number of fused-ring (bicyclic) bond motifs is 5. The van der Waals surface area contributed by atoms with Gasteiger partial charge in [0.25, 0.3) is 0 Å². The maximum Gasteiger partial charge on any atom is 0.161 e. The first-order valence-corrected chi connectivity index (χ1v) is 8.85. The van der Waals surface area contributed by atoms with E-state index in [4.69, 9.17) is 14.5 Å². The Morgan fingerprint density at radius 3 is 2.52 bits per heavy atom. The fourth-order valence-electron chi connectivity index (χ4n) is 3.77. The van der Waals surface area contributed by atoms with E-state index in [1.165, 1.54) is 0 Å². The molecule has 0 fully saturated rings. The molecule has 1 aromatic heterocycles. The lowest BCUT2D eigenvalue weighted by atomic mass is 10.1. The summed E-state index contributed by atoms with van der Waals surface area (Å²) < 4.78 is 13.2. The number of nitrogens with zero attached hydrogens (tertiary/aromatic N) is 2. The van der Waals surface area contributed by atoms with Gasteiger partial charge in [0.15, 0.2) is 11.5 Å². The first kappa shape index (κ1) is 15.8. The van der Waals surface area contributed by atoms with Gasteiger partial charge in [-0.25, -0.2) is 4.98 Å². The summed E-state index contributed by atoms with van der Waals surface area (Å²) in [5.74, 6) is 2.39. The van der Waals surface area contributed by atoms with E-state index in [2.05, 4.69) is 40.2 Å². The topological polar surface area (TPSA) is 48.3 Å². The van der Waals surface area contributed by atoms with E-state index >= 15 is 0 Å². The zero-order valence-corrected chi connectivity index (χ0v) is 15.1. The van der Waals surface area contributed by atoms with Gasteiger partial charge in [0.05, 0.1) is 25.3 Å². The molecule has 5 nitrogen and oxygen atoms in total. The van der Waals surface area contributed by atoms with Crippen LogP contribution in [-0.2, 0) is 0 Å². The van der Waals surface area contributed by atoms with Gasteiger partial charge >= 0.3 is 0 Å². The standard InChI is InChI=1S/C22H19N3O2/c1-26-19-12-11-14(13-20(19)27-2)21-23-16-8-4-3-7-15(16)22-24-17-9-5-6-10-18(17)25(21)22/h3-13,21,23H,1-2H3. The number of hydrogen-bond acceptors (Lipinski definition) is 4. The van der Waals surface area contributed by atoms with Crippen LogP contribution in [0, 0.1) is 0 Å². The van der Waals surface area contributed by atoms with E-state index in [1.54, 1.807) is 14.2 Å². The predicted octanol–water partition coefficient (Wildman–Crippen LogP) is 4.69. The number of ether oxygens (including phenoxy) is 2. The Bertz CT molecular complexity index is 1150. The van der Waals surface area contributed by atoms with E-state index in [-0.39, 0.29) is 6.17 Å². The third-order valence-electron chi connectivity index (χ3n) is 5.04. The van der Waals surface area contributed by atoms with Crippen molar-refractivity contribution in [3.63, 3.8) is 0 Å². The summed E-state index contributed by atoms with van der Waals surface area (Å²) >= 11 is 0. The van der Waals surface area contributed by atoms with Gasteiger partial charge in [0.2, 0.25) is 0 Å². The van der Waals surface area contributed by atoms with Gasteiger partial charge in [0.1, 0.15) is 12.0 Å². The number of para-hydroxylation sites is 3. The highest BCUT2D eigenvalue weighted by molar-refractivity contribution is 5.86. The largest absolute Gasteiger partial charge is 0.493 e. The molecule has 5 rings (SSSR count). The highest BCUT2D eigenvalue weighted by Gasteiger charge is 2.28. The molecule has 134 valence electrons. The summed E-state index contributed by atoms with van der Waals surface area (Å²) in [6.45, 7) is 0. The van der Waals surface area contributed by atoms with Crippen LogP contribution in [0.1, 0.15) is 11.7 Å². The smallest absolute Gasteiger partial charge is 0.161 e. The first-order valence-electron chi connectivity index (χ1n) is 8.85. The molecule has 0 spiro atoms. The molecule has 0 amide bonds. The molecule has 1 N–H and O–H groups in total. The Labute approximate surface area is 157 Å². The monoisotopic (exact) mass is 357 g/mol. The molecule has 2 heterocycles. The lowest BCUT2D eigenvalue weighted by Gasteiger charge is -2.30. The van der Waals surface area contributed by atoms with Crippen LogP contribution in [-0.4, -0.2) is 23.8 Å². The molecule has 4 aromatic rings. The summed E-state index contributed by atoms with van der Waals surface area (Å²) in [6, 6.07) is 22.5. The van der Waals surface area contributed by atoms with Crippen LogP contribution in [0.3, 0.4) is 0 Å². The van der Waals surface area contributed by atoms with E-state index in [1.807, 2.05) is 36.4 Å². The Balaban J connectivity index is 1.76. The molecule has 1 aliphatic heterocycles. The summed E-state index contributed by atoms with van der Waals surface area (Å²) in [4.78, 5) is 4.91. The van der Waals surface area contributed by atoms with Crippen LogP contribution < -0.4 is 14.8 Å². The van der Waals surface area contributed by atoms with Crippen LogP contribution in [0.5, 0.6) is 11.5 Å². The minimum atomic E-state index is -0.0953. The quantitative estimate of drug-likeness (QED) is 0.578. The molecule has 1 unspecified atom stereocenters. The van der Waals surface area contributed by atoms with E-state index in [0.29, 0.717) is 11.5 Å². The minimum Gasteiger partial charge on any atom is -0.493 e. The highest BCUT2D eigenvalue weighted by atomic mass is 16.5. The number of benzene rings is 3. The minimum absolute atomic E-state index is 0.0953. The van der Waals surface area contributed by atoms with Gasteiger partial charge in [-0.05, 0) is 42.0 Å². The van der Waals surface area contributed by atoms with Gasteiger partial charge in [0, 0.05) is 11.3 Å². The van der Waals surface area contributed by atoms with E-state index in [0.717, 1.165) is 33.7 Å². The molecule has 5 heteroatoms. The second-order valence-electron chi connectivity index (χ2n) is 6.50. The zero-order chi connectivity index (χ0) is 18.4. The molecular weight excluding hydrogens is 338 g/mol. The van der Waals surface area contributed by atoms with Crippen molar-refractivity contribution in [1.82, 2.24) is 9.55 Å². The number of rotatable bonds is 3.